The maximum Gasteiger partial charge on any atom is 0.0725 e. The summed E-state index contributed by atoms with van der Waals surface area (Å²) in [5, 5.41) is 8.23. The third kappa shape index (κ3) is 7.34. The van der Waals surface area contributed by atoms with Crippen LogP contribution in [0.4, 0.5) is 0 Å². The minimum atomic E-state index is 0.858. The van der Waals surface area contributed by atoms with Gasteiger partial charge in [0.15, 0.2) is 0 Å². The van der Waals surface area contributed by atoms with Gasteiger partial charge in [-0.3, -0.25) is 0 Å². The van der Waals surface area contributed by atoms with Gasteiger partial charge in [0.05, 0.1) is 11.9 Å². The Kier molecular flexibility index (Phi) is 8.52. The number of hydrogen-bond acceptors (Lipinski definition) is 2. The topological polar surface area (TPSA) is 30.7 Å². The molecule has 1 heterocycles. The summed E-state index contributed by atoms with van der Waals surface area (Å²) in [5.41, 5.74) is 1.31. The van der Waals surface area contributed by atoms with E-state index in [9.17, 15) is 0 Å². The normalized spacial score (nSPS) is 11.4. The van der Waals surface area contributed by atoms with Crippen molar-refractivity contribution in [2.45, 2.75) is 85.1 Å². The van der Waals surface area contributed by atoms with Gasteiger partial charge in [0, 0.05) is 6.54 Å². The van der Waals surface area contributed by atoms with Gasteiger partial charge in [-0.25, -0.2) is 4.68 Å². The Labute approximate surface area is 118 Å². The lowest BCUT2D eigenvalue weighted by Gasteiger charge is -2.06. The second-order valence-corrected chi connectivity index (χ2v) is 6.00. The van der Waals surface area contributed by atoms with E-state index < -0.39 is 0 Å². The number of nitrogens with zero attached hydrogens (tertiary/aromatic N) is 3. The molecule has 0 atom stereocenters. The number of aromatic nitrogens is 3. The second kappa shape index (κ2) is 9.99. The van der Waals surface area contributed by atoms with Crippen LogP contribution in [0.25, 0.3) is 0 Å². The molecule has 0 aliphatic rings. The van der Waals surface area contributed by atoms with Crippen molar-refractivity contribution < 1.29 is 0 Å². The third-order valence-corrected chi connectivity index (χ3v) is 3.64. The lowest BCUT2D eigenvalue weighted by Crippen LogP contribution is -2.05. The molecule has 0 fully saturated rings. The summed E-state index contributed by atoms with van der Waals surface area (Å²) in [4.78, 5) is 0. The van der Waals surface area contributed by atoms with E-state index in [2.05, 4.69) is 35.8 Å². The first-order valence-corrected chi connectivity index (χ1v) is 8.11. The van der Waals surface area contributed by atoms with E-state index in [1.54, 1.807) is 0 Å². The molecule has 0 spiro atoms. The molecule has 0 aliphatic carbocycles. The molecule has 0 unspecified atom stereocenters. The predicted molar refractivity (Wildman–Crippen MR) is 81.2 cm³/mol. The van der Waals surface area contributed by atoms with Crippen LogP contribution >= 0.6 is 0 Å². The van der Waals surface area contributed by atoms with Crippen molar-refractivity contribution in [3.05, 3.63) is 11.9 Å². The summed E-state index contributed by atoms with van der Waals surface area (Å²) in [6.45, 7) is 7.89. The standard InChI is InChI=1S/C16H31N3/c1-4-5-12-16-14-17-18-19(16)13-10-8-6-7-9-11-15(2)3/h14-15H,4-13H2,1-3H3. The summed E-state index contributed by atoms with van der Waals surface area (Å²) < 4.78 is 2.10. The summed E-state index contributed by atoms with van der Waals surface area (Å²) >= 11 is 0. The van der Waals surface area contributed by atoms with E-state index in [-0.39, 0.29) is 0 Å². The van der Waals surface area contributed by atoms with Gasteiger partial charge < -0.3 is 0 Å². The fourth-order valence-electron chi connectivity index (χ4n) is 2.36. The van der Waals surface area contributed by atoms with E-state index in [0.29, 0.717) is 0 Å². The average Bonchev–Trinajstić information content (AvgIpc) is 2.82. The van der Waals surface area contributed by atoms with Crippen LogP contribution in [-0.4, -0.2) is 15.0 Å². The molecule has 0 bridgehead atoms. The molecule has 1 aromatic rings. The summed E-state index contributed by atoms with van der Waals surface area (Å²) in [7, 11) is 0. The fourth-order valence-corrected chi connectivity index (χ4v) is 2.36. The third-order valence-electron chi connectivity index (χ3n) is 3.64. The molecule has 3 heteroatoms. The van der Waals surface area contributed by atoms with E-state index >= 15 is 0 Å². The van der Waals surface area contributed by atoms with Crippen molar-refractivity contribution in [2.75, 3.05) is 0 Å². The molecule has 0 N–H and O–H groups in total. The fraction of sp³-hybridized carbons (Fsp3) is 0.875. The summed E-state index contributed by atoms with van der Waals surface area (Å²) in [6.07, 6.45) is 13.6. The second-order valence-electron chi connectivity index (χ2n) is 6.00. The van der Waals surface area contributed by atoms with Crippen LogP contribution in [-0.2, 0) is 13.0 Å². The zero-order chi connectivity index (χ0) is 13.9. The highest BCUT2D eigenvalue weighted by Crippen LogP contribution is 2.11. The Morgan fingerprint density at radius 2 is 1.79 bits per heavy atom. The first-order chi connectivity index (χ1) is 9.24. The van der Waals surface area contributed by atoms with Crippen LogP contribution in [0.2, 0.25) is 0 Å². The minimum absolute atomic E-state index is 0.858. The van der Waals surface area contributed by atoms with Gasteiger partial charge in [-0.1, -0.05) is 64.5 Å². The summed E-state index contributed by atoms with van der Waals surface area (Å²) in [6, 6.07) is 0. The monoisotopic (exact) mass is 265 g/mol. The molecule has 0 amide bonds. The molecule has 19 heavy (non-hydrogen) atoms. The lowest BCUT2D eigenvalue weighted by atomic mass is 10.0. The Morgan fingerprint density at radius 3 is 2.53 bits per heavy atom. The van der Waals surface area contributed by atoms with Crippen LogP contribution < -0.4 is 0 Å². The van der Waals surface area contributed by atoms with Gasteiger partial charge in [-0.2, -0.15) is 0 Å². The van der Waals surface area contributed by atoms with Crippen molar-refractivity contribution in [1.82, 2.24) is 15.0 Å². The highest BCUT2D eigenvalue weighted by atomic mass is 15.4. The van der Waals surface area contributed by atoms with E-state index in [1.165, 1.54) is 57.1 Å². The predicted octanol–water partition coefficient (Wildman–Crippen LogP) is 4.62. The zero-order valence-corrected chi connectivity index (χ0v) is 13.1. The molecule has 0 aromatic carbocycles. The van der Waals surface area contributed by atoms with Crippen molar-refractivity contribution in [3.63, 3.8) is 0 Å². The molecule has 0 saturated carbocycles. The first kappa shape index (κ1) is 16.2. The molecule has 1 rings (SSSR count). The first-order valence-electron chi connectivity index (χ1n) is 8.11. The highest BCUT2D eigenvalue weighted by molar-refractivity contribution is 4.93. The average molecular weight is 265 g/mol. The smallest absolute Gasteiger partial charge is 0.0725 e. The molecule has 1 aromatic heterocycles. The van der Waals surface area contributed by atoms with Crippen LogP contribution in [0.3, 0.4) is 0 Å². The Balaban J connectivity index is 2.07. The van der Waals surface area contributed by atoms with Gasteiger partial charge in [0.2, 0.25) is 0 Å². The van der Waals surface area contributed by atoms with Gasteiger partial charge in [0.1, 0.15) is 0 Å². The van der Waals surface area contributed by atoms with Gasteiger partial charge in [0.25, 0.3) is 0 Å². The molecular weight excluding hydrogens is 234 g/mol. The number of hydrogen-bond donors (Lipinski definition) is 0. The van der Waals surface area contributed by atoms with Gasteiger partial charge in [-0.15, -0.1) is 5.10 Å². The van der Waals surface area contributed by atoms with Crippen LogP contribution in [0.15, 0.2) is 6.20 Å². The molecule has 110 valence electrons. The molecule has 0 aliphatic heterocycles. The Morgan fingerprint density at radius 1 is 1.05 bits per heavy atom. The Bertz CT molecular complexity index is 318. The molecule has 0 saturated heterocycles. The largest absolute Gasteiger partial charge is 0.249 e. The SMILES string of the molecule is CCCCc1cnnn1CCCCCCCC(C)C. The van der Waals surface area contributed by atoms with E-state index in [0.717, 1.165) is 18.9 Å². The van der Waals surface area contributed by atoms with Crippen molar-refractivity contribution in [2.24, 2.45) is 5.92 Å². The highest BCUT2D eigenvalue weighted by Gasteiger charge is 2.02. The van der Waals surface area contributed by atoms with E-state index in [1.807, 2.05) is 6.20 Å². The quantitative estimate of drug-likeness (QED) is 0.547. The Hall–Kier alpha value is -0.860. The van der Waals surface area contributed by atoms with Gasteiger partial charge in [-0.05, 0) is 25.2 Å². The van der Waals surface area contributed by atoms with Crippen LogP contribution in [0.5, 0.6) is 0 Å². The van der Waals surface area contributed by atoms with Gasteiger partial charge >= 0.3 is 0 Å². The molecule has 0 radical (unpaired) electrons. The van der Waals surface area contributed by atoms with Crippen LogP contribution in [0.1, 0.15) is 77.8 Å². The molecule has 3 nitrogen and oxygen atoms in total. The van der Waals surface area contributed by atoms with Crippen molar-refractivity contribution >= 4 is 0 Å². The minimum Gasteiger partial charge on any atom is -0.249 e. The van der Waals surface area contributed by atoms with Crippen molar-refractivity contribution in [3.8, 4) is 0 Å². The maximum atomic E-state index is 4.19. The summed E-state index contributed by atoms with van der Waals surface area (Å²) in [5.74, 6) is 0.858. The molecular formula is C16H31N3. The maximum absolute atomic E-state index is 4.19. The zero-order valence-electron chi connectivity index (χ0n) is 13.1. The number of aryl methyl sites for hydroxylation is 2. The van der Waals surface area contributed by atoms with E-state index in [4.69, 9.17) is 0 Å². The number of unbranched alkanes of at least 4 members (excludes halogenated alkanes) is 5. The lowest BCUT2D eigenvalue weighted by molar-refractivity contribution is 0.482. The van der Waals surface area contributed by atoms with Crippen LogP contribution in [0, 0.1) is 5.92 Å². The van der Waals surface area contributed by atoms with Crippen molar-refractivity contribution in [1.29, 1.82) is 0 Å². The number of rotatable bonds is 11.